The number of allylic oxidation sites excluding steroid dienone is 2. The van der Waals surface area contributed by atoms with Gasteiger partial charge in [0.2, 0.25) is 6.54 Å². The number of hydrogen-bond acceptors (Lipinski definition) is 4. The molecule has 0 aromatic heterocycles. The van der Waals surface area contributed by atoms with Gasteiger partial charge in [-0.25, -0.2) is 0 Å². The SMILES string of the molecule is N#CC(C#N)=C1c2ccccc2CC[C@@H]1[C@H](C[N+](=O)[O-])c1ccccc1. The lowest BCUT2D eigenvalue weighted by Gasteiger charge is -2.32. The van der Waals surface area contributed by atoms with E-state index in [2.05, 4.69) is 0 Å². The zero-order valence-corrected chi connectivity index (χ0v) is 14.1. The summed E-state index contributed by atoms with van der Waals surface area (Å²) in [6, 6.07) is 21.0. The first kappa shape index (κ1) is 17.4. The number of nitriles is 2. The van der Waals surface area contributed by atoms with E-state index < -0.39 is 0 Å². The van der Waals surface area contributed by atoms with E-state index in [1.807, 2.05) is 66.7 Å². The molecule has 2 atom stereocenters. The molecule has 0 N–H and O–H groups in total. The summed E-state index contributed by atoms with van der Waals surface area (Å²) in [6.07, 6.45) is 1.45. The van der Waals surface area contributed by atoms with Crippen LogP contribution in [-0.2, 0) is 6.42 Å². The van der Waals surface area contributed by atoms with Crippen molar-refractivity contribution in [3.8, 4) is 12.1 Å². The fraction of sp³-hybridized carbons (Fsp3) is 0.238. The fourth-order valence-electron chi connectivity index (χ4n) is 3.85. The van der Waals surface area contributed by atoms with Gasteiger partial charge in [0, 0.05) is 4.92 Å². The van der Waals surface area contributed by atoms with Gasteiger partial charge >= 0.3 is 0 Å². The molecule has 0 fully saturated rings. The van der Waals surface area contributed by atoms with E-state index >= 15 is 0 Å². The van der Waals surface area contributed by atoms with Crippen LogP contribution in [0.15, 0.2) is 60.2 Å². The minimum atomic E-state index is -0.383. The molecular weight excluding hydrogens is 326 g/mol. The Hall–Kier alpha value is -3.44. The number of nitrogens with zero attached hydrogens (tertiary/aromatic N) is 3. The second-order valence-electron chi connectivity index (χ2n) is 6.35. The molecule has 128 valence electrons. The lowest BCUT2D eigenvalue weighted by molar-refractivity contribution is -0.484. The molecule has 3 rings (SSSR count). The Morgan fingerprint density at radius 1 is 1.12 bits per heavy atom. The minimum Gasteiger partial charge on any atom is -0.265 e. The molecule has 5 nitrogen and oxygen atoms in total. The van der Waals surface area contributed by atoms with Crippen LogP contribution in [0.1, 0.15) is 29.0 Å². The van der Waals surface area contributed by atoms with Crippen LogP contribution in [0.3, 0.4) is 0 Å². The van der Waals surface area contributed by atoms with Crippen molar-refractivity contribution in [1.29, 1.82) is 10.5 Å². The van der Waals surface area contributed by atoms with Gasteiger partial charge < -0.3 is 0 Å². The van der Waals surface area contributed by atoms with E-state index in [1.165, 1.54) is 0 Å². The molecule has 1 aliphatic carbocycles. The van der Waals surface area contributed by atoms with Gasteiger partial charge in [-0.1, -0.05) is 54.6 Å². The standard InChI is InChI=1S/C21H17N3O2/c22-12-17(13-23)21-18-9-5-4-8-16(18)10-11-19(21)20(14-24(25)26)15-6-2-1-3-7-15/h1-9,19-20H,10-11,14H2/t19-,20-/m1/s1. The quantitative estimate of drug-likeness (QED) is 0.474. The van der Waals surface area contributed by atoms with E-state index in [9.17, 15) is 20.6 Å². The molecule has 0 spiro atoms. The monoisotopic (exact) mass is 343 g/mol. The molecular formula is C21H17N3O2. The number of aryl methyl sites for hydroxylation is 1. The van der Waals surface area contributed by atoms with E-state index in [1.54, 1.807) is 0 Å². The van der Waals surface area contributed by atoms with Gasteiger partial charge in [0.1, 0.15) is 17.7 Å². The molecule has 2 aromatic carbocycles. The number of nitro groups is 1. The molecule has 0 heterocycles. The largest absolute Gasteiger partial charge is 0.265 e. The maximum Gasteiger partial charge on any atom is 0.211 e. The summed E-state index contributed by atoms with van der Waals surface area (Å²) in [5.74, 6) is -0.627. The van der Waals surface area contributed by atoms with Crippen LogP contribution in [0.4, 0.5) is 0 Å². The molecule has 0 aliphatic heterocycles. The van der Waals surface area contributed by atoms with E-state index in [0.717, 1.165) is 23.1 Å². The zero-order chi connectivity index (χ0) is 18.5. The molecule has 5 heteroatoms. The van der Waals surface area contributed by atoms with Gasteiger partial charge in [0.25, 0.3) is 0 Å². The summed E-state index contributed by atoms with van der Waals surface area (Å²) in [4.78, 5) is 11.0. The fourth-order valence-corrected chi connectivity index (χ4v) is 3.85. The summed E-state index contributed by atoms with van der Waals surface area (Å²) in [6.45, 7) is -0.232. The van der Waals surface area contributed by atoms with Gasteiger partial charge in [0.15, 0.2) is 0 Å². The second kappa shape index (κ2) is 7.63. The Labute approximate surface area is 152 Å². The topological polar surface area (TPSA) is 90.7 Å². The van der Waals surface area contributed by atoms with Crippen molar-refractivity contribution in [2.45, 2.75) is 18.8 Å². The molecule has 0 amide bonds. The van der Waals surface area contributed by atoms with Gasteiger partial charge in [-0.3, -0.25) is 10.1 Å². The van der Waals surface area contributed by atoms with Crippen molar-refractivity contribution < 1.29 is 4.92 Å². The third-order valence-corrected chi connectivity index (χ3v) is 4.96. The van der Waals surface area contributed by atoms with E-state index in [0.29, 0.717) is 12.0 Å². The highest BCUT2D eigenvalue weighted by Crippen LogP contribution is 2.44. The second-order valence-corrected chi connectivity index (χ2v) is 6.35. The Morgan fingerprint density at radius 3 is 2.42 bits per heavy atom. The van der Waals surface area contributed by atoms with Gasteiger partial charge in [0.05, 0.1) is 5.92 Å². The summed E-state index contributed by atoms with van der Waals surface area (Å²) >= 11 is 0. The van der Waals surface area contributed by atoms with Gasteiger partial charge in [-0.05, 0) is 41.0 Å². The molecule has 0 unspecified atom stereocenters. The maximum absolute atomic E-state index is 11.3. The molecule has 2 aromatic rings. The van der Waals surface area contributed by atoms with Crippen LogP contribution in [0, 0.1) is 38.7 Å². The van der Waals surface area contributed by atoms with Crippen LogP contribution in [0.5, 0.6) is 0 Å². The highest BCUT2D eigenvalue weighted by atomic mass is 16.6. The van der Waals surface area contributed by atoms with Crippen molar-refractivity contribution in [2.24, 2.45) is 5.92 Å². The summed E-state index contributed by atoms with van der Waals surface area (Å²) in [5.41, 5.74) is 3.50. The Kier molecular flexibility index (Phi) is 5.10. The summed E-state index contributed by atoms with van der Waals surface area (Å²) in [7, 11) is 0. The molecule has 0 saturated carbocycles. The third kappa shape index (κ3) is 3.34. The number of fused-ring (bicyclic) bond motifs is 1. The van der Waals surface area contributed by atoms with Crippen LogP contribution in [0.25, 0.3) is 5.57 Å². The first-order valence-corrected chi connectivity index (χ1v) is 8.45. The average molecular weight is 343 g/mol. The average Bonchev–Trinajstić information content (AvgIpc) is 2.68. The smallest absolute Gasteiger partial charge is 0.211 e. The molecule has 0 saturated heterocycles. The van der Waals surface area contributed by atoms with Crippen LogP contribution in [0.2, 0.25) is 0 Å². The molecule has 0 bridgehead atoms. The van der Waals surface area contributed by atoms with Crippen molar-refractivity contribution in [3.05, 3.63) is 87.0 Å². The summed E-state index contributed by atoms with van der Waals surface area (Å²) < 4.78 is 0. The predicted octanol–water partition coefficient (Wildman–Crippen LogP) is 4.11. The number of benzene rings is 2. The van der Waals surface area contributed by atoms with Crippen molar-refractivity contribution in [3.63, 3.8) is 0 Å². The van der Waals surface area contributed by atoms with Crippen LogP contribution >= 0.6 is 0 Å². The van der Waals surface area contributed by atoms with Crippen LogP contribution in [-0.4, -0.2) is 11.5 Å². The third-order valence-electron chi connectivity index (χ3n) is 4.96. The first-order valence-electron chi connectivity index (χ1n) is 8.45. The van der Waals surface area contributed by atoms with Gasteiger partial charge in [-0.2, -0.15) is 10.5 Å². The minimum absolute atomic E-state index is 0.0476. The number of hydrogen-bond donors (Lipinski definition) is 0. The highest BCUT2D eigenvalue weighted by Gasteiger charge is 2.36. The zero-order valence-electron chi connectivity index (χ0n) is 14.1. The lowest BCUT2D eigenvalue weighted by atomic mass is 9.70. The lowest BCUT2D eigenvalue weighted by Crippen LogP contribution is -2.26. The van der Waals surface area contributed by atoms with Crippen molar-refractivity contribution in [2.75, 3.05) is 6.54 Å². The highest BCUT2D eigenvalue weighted by molar-refractivity contribution is 5.80. The first-order chi connectivity index (χ1) is 12.7. The molecule has 26 heavy (non-hydrogen) atoms. The van der Waals surface area contributed by atoms with E-state index in [-0.39, 0.29) is 28.9 Å². The van der Waals surface area contributed by atoms with Crippen LogP contribution < -0.4 is 0 Å². The predicted molar refractivity (Wildman–Crippen MR) is 97.4 cm³/mol. The Balaban J connectivity index is 2.18. The molecule has 1 aliphatic rings. The summed E-state index contributed by atoms with van der Waals surface area (Å²) in [5, 5.41) is 30.3. The normalized spacial score (nSPS) is 16.7. The maximum atomic E-state index is 11.3. The van der Waals surface area contributed by atoms with Crippen molar-refractivity contribution >= 4 is 5.57 Å². The Morgan fingerprint density at radius 2 is 1.77 bits per heavy atom. The van der Waals surface area contributed by atoms with Crippen molar-refractivity contribution in [1.82, 2.24) is 0 Å². The Bertz CT molecular complexity index is 920. The molecule has 0 radical (unpaired) electrons. The van der Waals surface area contributed by atoms with E-state index in [4.69, 9.17) is 0 Å². The number of rotatable bonds is 4. The van der Waals surface area contributed by atoms with Gasteiger partial charge in [-0.15, -0.1) is 0 Å².